The summed E-state index contributed by atoms with van der Waals surface area (Å²) in [4.78, 5) is 59.2. The van der Waals surface area contributed by atoms with E-state index in [1.165, 1.54) is 5.69 Å². The zero-order chi connectivity index (χ0) is 38.1. The van der Waals surface area contributed by atoms with Crippen LogP contribution in [0.25, 0.3) is 33.0 Å². The molecule has 10 rings (SSSR count). The van der Waals surface area contributed by atoms with Gasteiger partial charge < -0.3 is 19.8 Å². The summed E-state index contributed by atoms with van der Waals surface area (Å²) in [6, 6.07) is 32.5. The van der Waals surface area contributed by atoms with Gasteiger partial charge in [0.15, 0.2) is 0 Å². The molecule has 0 radical (unpaired) electrons. The highest BCUT2D eigenvalue weighted by molar-refractivity contribution is 6.06. The van der Waals surface area contributed by atoms with Gasteiger partial charge in [-0.2, -0.15) is 0 Å². The number of aromatic hydroxyl groups is 1. The van der Waals surface area contributed by atoms with Crippen molar-refractivity contribution in [3.05, 3.63) is 119 Å². The third-order valence-electron chi connectivity index (χ3n) is 12.8. The monoisotopic (exact) mass is 745 g/mol. The van der Waals surface area contributed by atoms with Crippen LogP contribution in [0, 0.1) is 5.41 Å². The Bertz CT molecular complexity index is 2430. The Labute approximate surface area is 325 Å². The van der Waals surface area contributed by atoms with E-state index in [0.717, 1.165) is 88.7 Å². The van der Waals surface area contributed by atoms with Gasteiger partial charge in [0.25, 0.3) is 5.91 Å². The number of nitrogens with one attached hydrogen (secondary N) is 1. The molecular formula is C46H43N5O5. The van der Waals surface area contributed by atoms with Crippen LogP contribution in [0.3, 0.4) is 0 Å². The van der Waals surface area contributed by atoms with E-state index in [2.05, 4.69) is 81.8 Å². The van der Waals surface area contributed by atoms with E-state index in [9.17, 15) is 24.3 Å². The predicted molar refractivity (Wildman–Crippen MR) is 214 cm³/mol. The number of hydrogen-bond donors (Lipinski definition) is 2. The second-order valence-electron chi connectivity index (χ2n) is 16.4. The van der Waals surface area contributed by atoms with Crippen LogP contribution in [0.15, 0.2) is 97.1 Å². The highest BCUT2D eigenvalue weighted by Crippen LogP contribution is 2.44. The lowest BCUT2D eigenvalue weighted by Gasteiger charge is -2.55. The molecule has 5 aromatic rings. The van der Waals surface area contributed by atoms with Gasteiger partial charge in [-0.15, -0.1) is 0 Å². The number of nitrogens with zero attached hydrogens (tertiary/aromatic N) is 4. The summed E-state index contributed by atoms with van der Waals surface area (Å²) in [5.74, 6) is -0.437. The molecule has 0 aliphatic carbocycles. The van der Waals surface area contributed by atoms with Crippen molar-refractivity contribution >= 4 is 40.1 Å². The van der Waals surface area contributed by atoms with Crippen molar-refractivity contribution in [1.82, 2.24) is 20.0 Å². The maximum absolute atomic E-state index is 13.5. The van der Waals surface area contributed by atoms with Crippen molar-refractivity contribution in [2.24, 2.45) is 5.41 Å². The van der Waals surface area contributed by atoms with Gasteiger partial charge in [0, 0.05) is 68.9 Å². The third-order valence-corrected chi connectivity index (χ3v) is 12.8. The number of imide groups is 1. The van der Waals surface area contributed by atoms with E-state index in [-0.39, 0.29) is 35.3 Å². The molecule has 1 unspecified atom stereocenters. The van der Waals surface area contributed by atoms with Crippen molar-refractivity contribution in [1.29, 1.82) is 0 Å². The van der Waals surface area contributed by atoms with Gasteiger partial charge in [0.1, 0.15) is 11.8 Å². The summed E-state index contributed by atoms with van der Waals surface area (Å²) in [7, 11) is 0. The molecule has 2 N–H and O–H groups in total. The summed E-state index contributed by atoms with van der Waals surface area (Å²) in [6.07, 6.45) is 2.58. The second-order valence-corrected chi connectivity index (χ2v) is 16.4. The number of anilines is 1. The zero-order valence-electron chi connectivity index (χ0n) is 31.2. The Kier molecular flexibility index (Phi) is 8.21. The maximum Gasteiger partial charge on any atom is 0.255 e. The van der Waals surface area contributed by atoms with Crippen molar-refractivity contribution in [3.63, 3.8) is 0 Å². The fourth-order valence-corrected chi connectivity index (χ4v) is 9.76. The van der Waals surface area contributed by atoms with E-state index < -0.39 is 11.9 Å². The Morgan fingerprint density at radius 2 is 1.52 bits per heavy atom. The minimum Gasteiger partial charge on any atom is -0.508 e. The van der Waals surface area contributed by atoms with Crippen molar-refractivity contribution in [2.45, 2.75) is 51.4 Å². The quantitative estimate of drug-likeness (QED) is 0.203. The Morgan fingerprint density at radius 1 is 0.768 bits per heavy atom. The molecule has 10 heteroatoms. The van der Waals surface area contributed by atoms with E-state index >= 15 is 0 Å². The fraction of sp³-hybridized carbons (Fsp3) is 0.304. The molecule has 0 saturated carbocycles. The SMILES string of the molecule is O=C1CCC(N2Cc3cc4c(cc3C2=O)CN(CC(=O)N2CCC3(CC2)CN(c2ccc(-c5c(-c6ccccc6)ccc6cc(O)ccc56)cc2)C3)C4)C(=O)N1. The van der Waals surface area contributed by atoms with Gasteiger partial charge in [0.2, 0.25) is 17.7 Å². The summed E-state index contributed by atoms with van der Waals surface area (Å²) in [5, 5.41) is 14.6. The van der Waals surface area contributed by atoms with Crippen molar-refractivity contribution < 1.29 is 24.3 Å². The van der Waals surface area contributed by atoms with Crippen LogP contribution < -0.4 is 10.2 Å². The number of carbonyl (C=O) groups excluding carboxylic acids is 4. The minimum atomic E-state index is -0.622. The number of benzene rings is 5. The van der Waals surface area contributed by atoms with E-state index in [1.54, 1.807) is 11.0 Å². The van der Waals surface area contributed by atoms with Crippen LogP contribution in [0.2, 0.25) is 0 Å². The number of phenolic OH excluding ortho intramolecular Hbond substituents is 1. The topological polar surface area (TPSA) is 114 Å². The highest BCUT2D eigenvalue weighted by atomic mass is 16.3. The second kappa shape index (κ2) is 13.3. The lowest BCUT2D eigenvalue weighted by molar-refractivity contribution is -0.137. The molecule has 3 fully saturated rings. The first-order valence-electron chi connectivity index (χ1n) is 19.7. The minimum absolute atomic E-state index is 0.158. The lowest BCUT2D eigenvalue weighted by Crippen LogP contribution is -2.61. The molecule has 5 aromatic carbocycles. The van der Waals surface area contributed by atoms with Gasteiger partial charge in [-0.25, -0.2) is 0 Å². The number of phenols is 1. The molecule has 0 bridgehead atoms. The molecule has 5 heterocycles. The van der Waals surface area contributed by atoms with Crippen LogP contribution in [0.4, 0.5) is 5.69 Å². The predicted octanol–water partition coefficient (Wildman–Crippen LogP) is 6.09. The van der Waals surface area contributed by atoms with Crippen LogP contribution in [-0.4, -0.2) is 82.2 Å². The van der Waals surface area contributed by atoms with Crippen LogP contribution in [-0.2, 0) is 34.0 Å². The number of fused-ring (bicyclic) bond motifs is 3. The highest BCUT2D eigenvalue weighted by Gasteiger charge is 2.46. The number of hydrogen-bond acceptors (Lipinski definition) is 7. The Hall–Kier alpha value is -6.00. The van der Waals surface area contributed by atoms with Gasteiger partial charge in [-0.1, -0.05) is 66.7 Å². The number of likely N-dealkylation sites (tertiary alicyclic amines) is 1. The molecule has 0 aromatic heterocycles. The molecule has 5 aliphatic rings. The molecular weight excluding hydrogens is 703 g/mol. The first-order chi connectivity index (χ1) is 27.2. The normalized spacial score (nSPS) is 20.3. The van der Waals surface area contributed by atoms with Gasteiger partial charge >= 0.3 is 0 Å². The number of amides is 4. The average Bonchev–Trinajstić information content (AvgIpc) is 3.74. The van der Waals surface area contributed by atoms with Crippen LogP contribution in [0.5, 0.6) is 5.75 Å². The third kappa shape index (κ3) is 5.99. The molecule has 1 spiro atoms. The summed E-state index contributed by atoms with van der Waals surface area (Å²) >= 11 is 0. The molecule has 3 saturated heterocycles. The molecule has 282 valence electrons. The Balaban J connectivity index is 0.746. The summed E-state index contributed by atoms with van der Waals surface area (Å²) in [5.41, 5.74) is 9.77. The van der Waals surface area contributed by atoms with E-state index in [1.807, 2.05) is 29.2 Å². The van der Waals surface area contributed by atoms with Crippen LogP contribution in [0.1, 0.15) is 52.7 Å². The first kappa shape index (κ1) is 34.5. The lowest BCUT2D eigenvalue weighted by atomic mass is 9.71. The van der Waals surface area contributed by atoms with Crippen LogP contribution >= 0.6 is 0 Å². The van der Waals surface area contributed by atoms with E-state index in [4.69, 9.17) is 0 Å². The number of piperidine rings is 2. The number of carbonyl (C=O) groups is 4. The zero-order valence-corrected chi connectivity index (χ0v) is 31.2. The molecule has 10 nitrogen and oxygen atoms in total. The number of rotatable bonds is 6. The molecule has 56 heavy (non-hydrogen) atoms. The molecule has 5 aliphatic heterocycles. The van der Waals surface area contributed by atoms with Gasteiger partial charge in [-0.3, -0.25) is 29.4 Å². The van der Waals surface area contributed by atoms with Gasteiger partial charge in [-0.05, 0) is 99.3 Å². The Morgan fingerprint density at radius 3 is 2.27 bits per heavy atom. The maximum atomic E-state index is 13.5. The van der Waals surface area contributed by atoms with Crippen molar-refractivity contribution in [3.8, 4) is 28.0 Å². The van der Waals surface area contributed by atoms with Gasteiger partial charge in [0.05, 0.1) is 6.54 Å². The summed E-state index contributed by atoms with van der Waals surface area (Å²) < 4.78 is 0. The molecule has 4 amide bonds. The first-order valence-corrected chi connectivity index (χ1v) is 19.7. The smallest absolute Gasteiger partial charge is 0.255 e. The largest absolute Gasteiger partial charge is 0.508 e. The molecule has 1 atom stereocenters. The van der Waals surface area contributed by atoms with Crippen molar-refractivity contribution in [2.75, 3.05) is 37.6 Å². The standard InChI is InChI=1S/C46H43N5O5/c52-36-11-13-38-31(21-36)8-12-37(29-4-2-1-3-5-29)43(38)30-6-9-35(10-7-30)50-27-46(28-50)16-18-49(19-17-46)42(54)26-48-23-32-20-34-25-51(40-14-15-41(53)47-44(40)55)45(56)39(34)22-33(32)24-48/h1-13,20-22,40,52H,14-19,23-28H2,(H,47,53,55). The average molecular weight is 746 g/mol. The fourth-order valence-electron chi connectivity index (χ4n) is 9.76. The summed E-state index contributed by atoms with van der Waals surface area (Å²) in [6.45, 7) is 5.50. The van der Waals surface area contributed by atoms with E-state index in [0.29, 0.717) is 38.2 Å².